The van der Waals surface area contributed by atoms with Gasteiger partial charge in [-0.15, -0.1) is 5.73 Å². The lowest BCUT2D eigenvalue weighted by Gasteiger charge is -1.97. The Morgan fingerprint density at radius 3 is 2.36 bits per heavy atom. The van der Waals surface area contributed by atoms with Crippen molar-refractivity contribution in [3.8, 4) is 0 Å². The Bertz CT molecular complexity index is 334. The highest BCUT2D eigenvalue weighted by atomic mass is 14.7. The fraction of sp³-hybridized carbons (Fsp3) is 0.231. The minimum Gasteiger partial charge on any atom is -0.269 e. The number of hydrogen-bond acceptors (Lipinski definition) is 1. The Kier molecular flexibility index (Phi) is 6.09. The molecule has 0 aliphatic rings. The van der Waals surface area contributed by atoms with E-state index in [1.807, 2.05) is 45.1 Å². The summed E-state index contributed by atoms with van der Waals surface area (Å²) >= 11 is 0. The second-order valence-electron chi connectivity index (χ2n) is 2.89. The number of allylic oxidation sites excluding steroid dienone is 7. The molecule has 0 heterocycles. The van der Waals surface area contributed by atoms with Crippen molar-refractivity contribution >= 4 is 6.72 Å². The van der Waals surface area contributed by atoms with E-state index in [2.05, 4.69) is 24.0 Å². The first-order valence-corrected chi connectivity index (χ1v) is 4.50. The van der Waals surface area contributed by atoms with Crippen LogP contribution in [0.15, 0.2) is 58.4 Å². The average molecular weight is 187 g/mol. The molecule has 0 rings (SSSR count). The van der Waals surface area contributed by atoms with E-state index in [1.165, 1.54) is 0 Å². The van der Waals surface area contributed by atoms with Gasteiger partial charge in [0.2, 0.25) is 0 Å². The highest BCUT2D eigenvalue weighted by Gasteiger charge is 1.91. The summed E-state index contributed by atoms with van der Waals surface area (Å²) in [4.78, 5) is 3.80. The van der Waals surface area contributed by atoms with Crippen LogP contribution in [0.2, 0.25) is 0 Å². The molecule has 0 aromatic rings. The van der Waals surface area contributed by atoms with Crippen LogP contribution in [0, 0.1) is 0 Å². The van der Waals surface area contributed by atoms with Gasteiger partial charge in [0.25, 0.3) is 0 Å². The maximum absolute atomic E-state index is 3.80. The van der Waals surface area contributed by atoms with E-state index in [0.29, 0.717) is 0 Å². The predicted octanol–water partition coefficient (Wildman–Crippen LogP) is 3.82. The first-order valence-electron chi connectivity index (χ1n) is 4.50. The van der Waals surface area contributed by atoms with Crippen molar-refractivity contribution in [1.82, 2.24) is 0 Å². The highest BCUT2D eigenvalue weighted by molar-refractivity contribution is 5.41. The topological polar surface area (TPSA) is 12.4 Å². The molecule has 0 atom stereocenters. The number of aliphatic imine (C=N–C) groups is 1. The van der Waals surface area contributed by atoms with Crippen molar-refractivity contribution in [2.24, 2.45) is 4.99 Å². The van der Waals surface area contributed by atoms with Crippen LogP contribution in [0.25, 0.3) is 0 Å². The molecule has 0 saturated heterocycles. The molecule has 0 radical (unpaired) electrons. The highest BCUT2D eigenvalue weighted by Crippen LogP contribution is 2.10. The minimum absolute atomic E-state index is 0.892. The quantitative estimate of drug-likeness (QED) is 0.360. The lowest BCUT2D eigenvalue weighted by Crippen LogP contribution is -1.78. The van der Waals surface area contributed by atoms with E-state index < -0.39 is 0 Å². The molecular formula is C13H17N. The average Bonchev–Trinajstić information content (AvgIpc) is 2.22. The van der Waals surface area contributed by atoms with Crippen molar-refractivity contribution in [3.05, 3.63) is 53.5 Å². The van der Waals surface area contributed by atoms with Gasteiger partial charge >= 0.3 is 0 Å². The number of rotatable bonds is 4. The van der Waals surface area contributed by atoms with Gasteiger partial charge in [0, 0.05) is 5.70 Å². The molecule has 1 heteroatoms. The monoisotopic (exact) mass is 187 g/mol. The minimum atomic E-state index is 0.892. The first kappa shape index (κ1) is 12.4. The van der Waals surface area contributed by atoms with Crippen LogP contribution in [0.5, 0.6) is 0 Å². The second-order valence-corrected chi connectivity index (χ2v) is 2.89. The van der Waals surface area contributed by atoms with Crippen molar-refractivity contribution in [2.75, 3.05) is 0 Å². The third-order valence-electron chi connectivity index (χ3n) is 1.80. The third-order valence-corrected chi connectivity index (χ3v) is 1.80. The van der Waals surface area contributed by atoms with Gasteiger partial charge in [-0.3, -0.25) is 4.99 Å². The van der Waals surface area contributed by atoms with Crippen molar-refractivity contribution in [3.63, 3.8) is 0 Å². The first-order chi connectivity index (χ1) is 6.65. The molecule has 0 aliphatic carbocycles. The van der Waals surface area contributed by atoms with Crippen LogP contribution in [-0.4, -0.2) is 6.72 Å². The normalized spacial score (nSPS) is 12.8. The Labute approximate surface area is 86.6 Å². The van der Waals surface area contributed by atoms with E-state index >= 15 is 0 Å². The van der Waals surface area contributed by atoms with Crippen molar-refractivity contribution < 1.29 is 0 Å². The molecule has 14 heavy (non-hydrogen) atoms. The Balaban J connectivity index is 5.02. The fourth-order valence-electron chi connectivity index (χ4n) is 0.850. The Hall–Kier alpha value is -1.59. The van der Waals surface area contributed by atoms with E-state index in [1.54, 1.807) is 0 Å². The standard InChI is InChI=1S/C13H17N/c1-6-8-13(11(3)7-2)10-9-12(4)14-5/h6,8-10H,2,5H2,1,3-4H3/b8-6-,12-9-,13-10+. The molecule has 0 aromatic heterocycles. The fourth-order valence-corrected chi connectivity index (χ4v) is 0.850. The molecule has 0 N–H and O–H groups in total. The summed E-state index contributed by atoms with van der Waals surface area (Å²) in [5.41, 5.74) is 5.87. The largest absolute Gasteiger partial charge is 0.269 e. The van der Waals surface area contributed by atoms with Crippen LogP contribution in [0.1, 0.15) is 20.8 Å². The summed E-state index contributed by atoms with van der Waals surface area (Å²) in [5, 5.41) is 0. The Morgan fingerprint density at radius 2 is 1.93 bits per heavy atom. The maximum atomic E-state index is 3.80. The lowest BCUT2D eigenvalue weighted by atomic mass is 10.1. The Morgan fingerprint density at radius 1 is 1.29 bits per heavy atom. The summed E-state index contributed by atoms with van der Waals surface area (Å²) in [6.07, 6.45) is 7.90. The molecule has 0 aliphatic heterocycles. The van der Waals surface area contributed by atoms with Gasteiger partial charge in [0.05, 0.1) is 0 Å². The molecule has 74 valence electrons. The zero-order valence-corrected chi connectivity index (χ0v) is 9.17. The molecule has 0 aromatic carbocycles. The van der Waals surface area contributed by atoms with E-state index in [-0.39, 0.29) is 0 Å². The summed E-state index contributed by atoms with van der Waals surface area (Å²) in [5.74, 6) is 0. The van der Waals surface area contributed by atoms with Crippen LogP contribution in [-0.2, 0) is 0 Å². The summed E-state index contributed by atoms with van der Waals surface area (Å²) in [6.45, 7) is 12.9. The zero-order valence-electron chi connectivity index (χ0n) is 9.17. The molecule has 1 nitrogen and oxygen atoms in total. The lowest BCUT2D eigenvalue weighted by molar-refractivity contribution is 1.32. The van der Waals surface area contributed by atoms with E-state index in [0.717, 1.165) is 16.8 Å². The van der Waals surface area contributed by atoms with Gasteiger partial charge in [-0.1, -0.05) is 24.8 Å². The molecule has 0 saturated carbocycles. The zero-order chi connectivity index (χ0) is 11.0. The van der Waals surface area contributed by atoms with Crippen molar-refractivity contribution in [1.29, 1.82) is 0 Å². The number of nitrogens with zero attached hydrogens (tertiary/aromatic N) is 1. The van der Waals surface area contributed by atoms with Gasteiger partial charge in [-0.25, -0.2) is 0 Å². The molecule has 0 bridgehead atoms. The molecular weight excluding hydrogens is 170 g/mol. The van der Waals surface area contributed by atoms with Gasteiger partial charge < -0.3 is 0 Å². The van der Waals surface area contributed by atoms with Crippen LogP contribution in [0.4, 0.5) is 0 Å². The maximum Gasteiger partial charge on any atom is 0.0365 e. The SMILES string of the molecule is C=C=C(C)C(/C=C\C)=C/C=C(/C)N=C. The molecule has 0 spiro atoms. The molecule has 0 unspecified atom stereocenters. The van der Waals surface area contributed by atoms with Crippen LogP contribution < -0.4 is 0 Å². The van der Waals surface area contributed by atoms with Crippen LogP contribution >= 0.6 is 0 Å². The second kappa shape index (κ2) is 6.88. The summed E-state index contributed by atoms with van der Waals surface area (Å²) < 4.78 is 0. The smallest absolute Gasteiger partial charge is 0.0365 e. The van der Waals surface area contributed by atoms with Crippen molar-refractivity contribution in [2.45, 2.75) is 20.8 Å². The van der Waals surface area contributed by atoms with Gasteiger partial charge in [-0.05, 0) is 44.7 Å². The number of hydrogen-bond donors (Lipinski definition) is 0. The van der Waals surface area contributed by atoms with E-state index in [4.69, 9.17) is 0 Å². The molecule has 0 fully saturated rings. The van der Waals surface area contributed by atoms with Gasteiger partial charge in [-0.2, -0.15) is 0 Å². The summed E-state index contributed by atoms with van der Waals surface area (Å²) in [6, 6.07) is 0. The van der Waals surface area contributed by atoms with E-state index in [9.17, 15) is 0 Å². The molecule has 0 amide bonds. The van der Waals surface area contributed by atoms with Gasteiger partial charge in [0.1, 0.15) is 0 Å². The summed E-state index contributed by atoms with van der Waals surface area (Å²) in [7, 11) is 0. The predicted molar refractivity (Wildman–Crippen MR) is 64.5 cm³/mol. The van der Waals surface area contributed by atoms with Crippen LogP contribution in [0.3, 0.4) is 0 Å². The van der Waals surface area contributed by atoms with Gasteiger partial charge in [0.15, 0.2) is 0 Å². The third kappa shape index (κ3) is 4.44.